The molecule has 0 atom stereocenters. The zero-order valence-corrected chi connectivity index (χ0v) is 8.16. The van der Waals surface area contributed by atoms with E-state index in [-0.39, 0.29) is 19.1 Å². The lowest BCUT2D eigenvalue weighted by atomic mass is 10.1. The summed E-state index contributed by atoms with van der Waals surface area (Å²) in [6.45, 7) is 0.238. The van der Waals surface area contributed by atoms with Crippen molar-refractivity contribution in [1.82, 2.24) is 10.3 Å². The maximum absolute atomic E-state index is 11.5. The largest absolute Gasteiger partial charge is 0.395 e. The average Bonchev–Trinajstić information content (AvgIpc) is 2.72. The normalized spacial score (nSPS) is 10.5. The van der Waals surface area contributed by atoms with Gasteiger partial charge in [-0.1, -0.05) is 0 Å². The Morgan fingerprint density at radius 3 is 3.07 bits per heavy atom. The highest BCUT2D eigenvalue weighted by atomic mass is 16.3. The van der Waals surface area contributed by atoms with Gasteiger partial charge in [-0.15, -0.1) is 0 Å². The minimum absolute atomic E-state index is 0.0435. The SMILES string of the molecule is O=C(NCCO)c1ccc2[nH]ccc2c1. The minimum Gasteiger partial charge on any atom is -0.395 e. The quantitative estimate of drug-likeness (QED) is 0.695. The maximum atomic E-state index is 11.5. The summed E-state index contributed by atoms with van der Waals surface area (Å²) < 4.78 is 0. The summed E-state index contributed by atoms with van der Waals surface area (Å²) >= 11 is 0. The Labute approximate surface area is 86.9 Å². The van der Waals surface area contributed by atoms with Gasteiger partial charge in [-0.3, -0.25) is 4.79 Å². The minimum atomic E-state index is -0.160. The first-order valence-corrected chi connectivity index (χ1v) is 4.77. The van der Waals surface area contributed by atoms with Crippen LogP contribution in [0.3, 0.4) is 0 Å². The molecule has 3 N–H and O–H groups in total. The lowest BCUT2D eigenvalue weighted by Crippen LogP contribution is -2.26. The second kappa shape index (κ2) is 4.14. The monoisotopic (exact) mass is 204 g/mol. The van der Waals surface area contributed by atoms with Crippen LogP contribution in [0, 0.1) is 0 Å². The van der Waals surface area contributed by atoms with Crippen LogP contribution in [-0.2, 0) is 0 Å². The topological polar surface area (TPSA) is 65.1 Å². The van der Waals surface area contributed by atoms with E-state index >= 15 is 0 Å². The van der Waals surface area contributed by atoms with E-state index < -0.39 is 0 Å². The Bertz CT molecular complexity index is 476. The molecule has 4 nitrogen and oxygen atoms in total. The number of aliphatic hydroxyl groups excluding tert-OH is 1. The molecule has 0 spiro atoms. The fraction of sp³-hybridized carbons (Fsp3) is 0.182. The molecular weight excluding hydrogens is 192 g/mol. The van der Waals surface area contributed by atoms with Gasteiger partial charge in [-0.05, 0) is 24.3 Å². The first-order valence-electron chi connectivity index (χ1n) is 4.77. The number of aliphatic hydroxyl groups is 1. The van der Waals surface area contributed by atoms with E-state index in [2.05, 4.69) is 10.3 Å². The van der Waals surface area contributed by atoms with Gasteiger partial charge in [-0.2, -0.15) is 0 Å². The number of benzene rings is 1. The summed E-state index contributed by atoms with van der Waals surface area (Å²) in [5, 5.41) is 12.2. The number of aromatic nitrogens is 1. The van der Waals surface area contributed by atoms with Gasteiger partial charge in [0.15, 0.2) is 0 Å². The third-order valence-corrected chi connectivity index (χ3v) is 2.21. The van der Waals surface area contributed by atoms with Crippen molar-refractivity contribution in [2.24, 2.45) is 0 Å². The average molecular weight is 204 g/mol. The van der Waals surface area contributed by atoms with Crippen LogP contribution in [0.4, 0.5) is 0 Å². The van der Waals surface area contributed by atoms with Crippen LogP contribution in [0.1, 0.15) is 10.4 Å². The highest BCUT2D eigenvalue weighted by Crippen LogP contribution is 2.13. The molecule has 1 aromatic heterocycles. The molecule has 0 fully saturated rings. The predicted molar refractivity (Wildman–Crippen MR) is 57.7 cm³/mol. The molecule has 0 unspecified atom stereocenters. The zero-order valence-electron chi connectivity index (χ0n) is 8.16. The summed E-state index contributed by atoms with van der Waals surface area (Å²) in [4.78, 5) is 14.6. The molecule has 0 saturated carbocycles. The number of rotatable bonds is 3. The molecule has 1 amide bonds. The van der Waals surface area contributed by atoms with Gasteiger partial charge in [0.1, 0.15) is 0 Å². The Morgan fingerprint density at radius 1 is 1.40 bits per heavy atom. The Kier molecular flexibility index (Phi) is 2.69. The second-order valence-corrected chi connectivity index (χ2v) is 3.26. The molecular formula is C11H12N2O2. The lowest BCUT2D eigenvalue weighted by Gasteiger charge is -2.02. The zero-order chi connectivity index (χ0) is 10.7. The highest BCUT2D eigenvalue weighted by Gasteiger charge is 2.05. The number of H-pyrrole nitrogens is 1. The van der Waals surface area contributed by atoms with Crippen molar-refractivity contribution in [3.05, 3.63) is 36.0 Å². The van der Waals surface area contributed by atoms with Crippen molar-refractivity contribution < 1.29 is 9.90 Å². The van der Waals surface area contributed by atoms with Crippen molar-refractivity contribution in [1.29, 1.82) is 0 Å². The maximum Gasteiger partial charge on any atom is 0.251 e. The number of fused-ring (bicyclic) bond motifs is 1. The number of carbonyl (C=O) groups excluding carboxylic acids is 1. The molecule has 2 rings (SSSR count). The smallest absolute Gasteiger partial charge is 0.251 e. The predicted octanol–water partition coefficient (Wildman–Crippen LogP) is 0.890. The van der Waals surface area contributed by atoms with Crippen molar-refractivity contribution >= 4 is 16.8 Å². The fourth-order valence-corrected chi connectivity index (χ4v) is 1.47. The van der Waals surface area contributed by atoms with E-state index in [4.69, 9.17) is 5.11 Å². The van der Waals surface area contributed by atoms with Gasteiger partial charge in [0, 0.05) is 29.2 Å². The molecule has 0 radical (unpaired) electrons. The van der Waals surface area contributed by atoms with Crippen molar-refractivity contribution in [2.75, 3.05) is 13.2 Å². The van der Waals surface area contributed by atoms with Crippen LogP contribution in [0.15, 0.2) is 30.5 Å². The molecule has 2 aromatic rings. The van der Waals surface area contributed by atoms with Crippen molar-refractivity contribution in [3.63, 3.8) is 0 Å². The Balaban J connectivity index is 2.23. The molecule has 0 aliphatic rings. The summed E-state index contributed by atoms with van der Waals surface area (Å²) in [7, 11) is 0. The third kappa shape index (κ3) is 1.99. The third-order valence-electron chi connectivity index (χ3n) is 2.21. The van der Waals surface area contributed by atoms with E-state index in [1.165, 1.54) is 0 Å². The standard InChI is InChI=1S/C11H12N2O2/c14-6-5-13-11(15)9-1-2-10-8(7-9)3-4-12-10/h1-4,7,12,14H,5-6H2,(H,13,15). The Morgan fingerprint density at radius 2 is 2.27 bits per heavy atom. The Hall–Kier alpha value is -1.81. The van der Waals surface area contributed by atoms with Crippen LogP contribution < -0.4 is 5.32 Å². The van der Waals surface area contributed by atoms with Crippen molar-refractivity contribution in [2.45, 2.75) is 0 Å². The van der Waals surface area contributed by atoms with Gasteiger partial charge in [0.05, 0.1) is 6.61 Å². The highest BCUT2D eigenvalue weighted by molar-refractivity contribution is 5.98. The number of hydrogen-bond acceptors (Lipinski definition) is 2. The van der Waals surface area contributed by atoms with Crippen LogP contribution in [0.25, 0.3) is 10.9 Å². The van der Waals surface area contributed by atoms with Gasteiger partial charge >= 0.3 is 0 Å². The number of aromatic amines is 1. The molecule has 0 aliphatic heterocycles. The van der Waals surface area contributed by atoms with E-state index in [0.717, 1.165) is 10.9 Å². The van der Waals surface area contributed by atoms with Gasteiger partial charge in [0.2, 0.25) is 0 Å². The number of carbonyl (C=O) groups is 1. The van der Waals surface area contributed by atoms with Gasteiger partial charge in [-0.25, -0.2) is 0 Å². The first kappa shape index (κ1) is 9.73. The molecule has 0 bridgehead atoms. The number of nitrogens with one attached hydrogen (secondary N) is 2. The van der Waals surface area contributed by atoms with E-state index in [1.54, 1.807) is 6.07 Å². The number of amides is 1. The van der Waals surface area contributed by atoms with Crippen molar-refractivity contribution in [3.8, 4) is 0 Å². The molecule has 0 aliphatic carbocycles. The fourth-order valence-electron chi connectivity index (χ4n) is 1.47. The van der Waals surface area contributed by atoms with Gasteiger partial charge < -0.3 is 15.4 Å². The summed E-state index contributed by atoms with van der Waals surface area (Å²) in [6.07, 6.45) is 1.83. The van der Waals surface area contributed by atoms with Crippen LogP contribution in [0.5, 0.6) is 0 Å². The second-order valence-electron chi connectivity index (χ2n) is 3.26. The first-order chi connectivity index (χ1) is 7.31. The van der Waals surface area contributed by atoms with Crippen LogP contribution in [0.2, 0.25) is 0 Å². The van der Waals surface area contributed by atoms with Crippen LogP contribution in [-0.4, -0.2) is 29.1 Å². The molecule has 15 heavy (non-hydrogen) atoms. The molecule has 1 heterocycles. The van der Waals surface area contributed by atoms with Crippen LogP contribution >= 0.6 is 0 Å². The number of hydrogen-bond donors (Lipinski definition) is 3. The summed E-state index contributed by atoms with van der Waals surface area (Å²) in [6, 6.07) is 7.35. The molecule has 4 heteroatoms. The van der Waals surface area contributed by atoms with E-state index in [9.17, 15) is 4.79 Å². The molecule has 1 aromatic carbocycles. The van der Waals surface area contributed by atoms with Gasteiger partial charge in [0.25, 0.3) is 5.91 Å². The van der Waals surface area contributed by atoms with E-state index in [0.29, 0.717) is 5.56 Å². The molecule has 78 valence electrons. The lowest BCUT2D eigenvalue weighted by molar-refractivity contribution is 0.0945. The summed E-state index contributed by atoms with van der Waals surface area (Å²) in [5.41, 5.74) is 1.62. The van der Waals surface area contributed by atoms with E-state index in [1.807, 2.05) is 24.4 Å². The summed E-state index contributed by atoms with van der Waals surface area (Å²) in [5.74, 6) is -0.160. The molecule has 0 saturated heterocycles.